The van der Waals surface area contributed by atoms with Gasteiger partial charge in [-0.1, -0.05) is 51.4 Å². The van der Waals surface area contributed by atoms with Crippen LogP contribution in [0.2, 0.25) is 0 Å². The summed E-state index contributed by atoms with van der Waals surface area (Å²) in [5, 5.41) is 13.3. The highest BCUT2D eigenvalue weighted by atomic mass is 79.9. The van der Waals surface area contributed by atoms with Crippen LogP contribution in [0.4, 0.5) is 4.39 Å². The lowest BCUT2D eigenvalue weighted by Gasteiger charge is -2.21. The van der Waals surface area contributed by atoms with E-state index in [-0.39, 0.29) is 12.4 Å². The van der Waals surface area contributed by atoms with Crippen LogP contribution in [-0.4, -0.2) is 39.8 Å². The quantitative estimate of drug-likeness (QED) is 0.550. The Balaban J connectivity index is 1.55. The number of aryl methyl sites for hydroxylation is 1. The lowest BCUT2D eigenvalue weighted by molar-refractivity contribution is 0.186. The van der Waals surface area contributed by atoms with E-state index >= 15 is 0 Å². The van der Waals surface area contributed by atoms with Crippen LogP contribution >= 0.6 is 15.9 Å². The number of aliphatic hydroxyl groups excluding tert-OH is 1. The second-order valence-corrected chi connectivity index (χ2v) is 7.13. The molecule has 0 radical (unpaired) electrons. The smallest absolute Gasteiger partial charge is 0.227 e. The molecule has 0 aliphatic heterocycles. The number of aromatic nitrogens is 2. The third-order valence-corrected chi connectivity index (χ3v) is 4.68. The largest absolute Gasteiger partial charge is 0.395 e. The maximum absolute atomic E-state index is 14.0. The summed E-state index contributed by atoms with van der Waals surface area (Å²) in [6.45, 7) is 1.62. The molecule has 0 saturated heterocycles. The summed E-state index contributed by atoms with van der Waals surface area (Å²) in [5.41, 5.74) is 1.52. The maximum Gasteiger partial charge on any atom is 0.227 e. The average molecular weight is 434 g/mol. The molecule has 0 saturated carbocycles. The molecule has 0 unspecified atom stereocenters. The highest BCUT2D eigenvalue weighted by molar-refractivity contribution is 9.10. The minimum atomic E-state index is -0.245. The number of nitrogens with zero attached hydrogens (tertiary/aromatic N) is 3. The fourth-order valence-electron chi connectivity index (χ4n) is 2.83. The summed E-state index contributed by atoms with van der Waals surface area (Å²) in [7, 11) is 0. The van der Waals surface area contributed by atoms with Crippen LogP contribution in [0.25, 0.3) is 11.4 Å². The number of rotatable bonds is 9. The van der Waals surface area contributed by atoms with Crippen molar-refractivity contribution in [2.45, 2.75) is 19.4 Å². The molecule has 7 heteroatoms. The Morgan fingerprint density at radius 1 is 1.11 bits per heavy atom. The first-order valence-electron chi connectivity index (χ1n) is 8.81. The van der Waals surface area contributed by atoms with Crippen molar-refractivity contribution in [3.63, 3.8) is 0 Å². The van der Waals surface area contributed by atoms with E-state index in [1.54, 1.807) is 12.1 Å². The van der Waals surface area contributed by atoms with Gasteiger partial charge in [-0.2, -0.15) is 4.98 Å². The second kappa shape index (κ2) is 9.73. The summed E-state index contributed by atoms with van der Waals surface area (Å²) < 4.78 is 20.1. The SMILES string of the molecule is OCCN(CCCc1nc(-c2ccccc2)no1)Cc1cc(Br)ccc1F. The Morgan fingerprint density at radius 2 is 1.93 bits per heavy atom. The molecule has 3 rings (SSSR count). The molecule has 142 valence electrons. The molecule has 0 fully saturated rings. The number of halogens is 2. The van der Waals surface area contributed by atoms with E-state index in [1.807, 2.05) is 35.2 Å². The molecule has 1 aromatic heterocycles. The van der Waals surface area contributed by atoms with Gasteiger partial charge in [-0.3, -0.25) is 4.90 Å². The Morgan fingerprint density at radius 3 is 2.70 bits per heavy atom. The summed E-state index contributed by atoms with van der Waals surface area (Å²) in [6, 6.07) is 14.6. The molecular formula is C20H21BrFN3O2. The van der Waals surface area contributed by atoms with Gasteiger partial charge in [0.05, 0.1) is 6.61 Å². The first kappa shape index (κ1) is 19.7. The molecule has 3 aromatic rings. The number of hydrogen-bond donors (Lipinski definition) is 1. The zero-order valence-electron chi connectivity index (χ0n) is 14.8. The number of benzene rings is 2. The molecule has 0 aliphatic carbocycles. The predicted octanol–water partition coefficient (Wildman–Crippen LogP) is 4.07. The zero-order valence-corrected chi connectivity index (χ0v) is 16.4. The van der Waals surface area contributed by atoms with Crippen LogP contribution in [0.15, 0.2) is 57.5 Å². The van der Waals surface area contributed by atoms with Crippen molar-refractivity contribution in [3.8, 4) is 11.4 Å². The van der Waals surface area contributed by atoms with Crippen molar-refractivity contribution in [2.75, 3.05) is 19.7 Å². The molecule has 27 heavy (non-hydrogen) atoms. The van der Waals surface area contributed by atoms with Crippen molar-refractivity contribution >= 4 is 15.9 Å². The predicted molar refractivity (Wildman–Crippen MR) is 105 cm³/mol. The van der Waals surface area contributed by atoms with Crippen LogP contribution in [0.3, 0.4) is 0 Å². The molecule has 1 N–H and O–H groups in total. The van der Waals surface area contributed by atoms with Crippen LogP contribution in [0.5, 0.6) is 0 Å². The van der Waals surface area contributed by atoms with Crippen molar-refractivity contribution in [3.05, 3.63) is 70.3 Å². The van der Waals surface area contributed by atoms with E-state index in [0.29, 0.717) is 43.3 Å². The molecule has 1 heterocycles. The lowest BCUT2D eigenvalue weighted by Crippen LogP contribution is -2.28. The minimum Gasteiger partial charge on any atom is -0.395 e. The van der Waals surface area contributed by atoms with Crippen molar-refractivity contribution < 1.29 is 14.0 Å². The molecule has 0 spiro atoms. The van der Waals surface area contributed by atoms with Gasteiger partial charge in [-0.25, -0.2) is 4.39 Å². The number of aliphatic hydroxyl groups is 1. The molecule has 5 nitrogen and oxygen atoms in total. The number of hydrogen-bond acceptors (Lipinski definition) is 5. The van der Waals surface area contributed by atoms with Crippen molar-refractivity contribution in [1.29, 1.82) is 0 Å². The van der Waals surface area contributed by atoms with Gasteiger partial charge >= 0.3 is 0 Å². The molecule has 0 bridgehead atoms. The monoisotopic (exact) mass is 433 g/mol. The van der Waals surface area contributed by atoms with Gasteiger partial charge in [0.15, 0.2) is 0 Å². The molecule has 0 atom stereocenters. The van der Waals surface area contributed by atoms with E-state index in [0.717, 1.165) is 16.5 Å². The van der Waals surface area contributed by atoms with E-state index in [4.69, 9.17) is 4.52 Å². The van der Waals surface area contributed by atoms with Crippen LogP contribution in [-0.2, 0) is 13.0 Å². The summed E-state index contributed by atoms with van der Waals surface area (Å²) in [5.74, 6) is 0.908. The normalized spacial score (nSPS) is 11.3. The summed E-state index contributed by atoms with van der Waals surface area (Å²) >= 11 is 3.37. The van der Waals surface area contributed by atoms with Gasteiger partial charge in [0, 0.05) is 35.1 Å². The van der Waals surface area contributed by atoms with E-state index in [9.17, 15) is 9.50 Å². The third kappa shape index (κ3) is 5.69. The standard InChI is InChI=1S/C20H21BrFN3O2/c21-17-8-9-18(22)16(13-17)14-25(11-12-26)10-4-7-19-23-20(24-27-19)15-5-2-1-3-6-15/h1-3,5-6,8-9,13,26H,4,7,10-12,14H2. The first-order chi connectivity index (χ1) is 13.2. The summed E-state index contributed by atoms with van der Waals surface area (Å²) in [6.07, 6.45) is 1.40. The van der Waals surface area contributed by atoms with E-state index < -0.39 is 0 Å². The Kier molecular flexibility index (Phi) is 7.09. The summed E-state index contributed by atoms with van der Waals surface area (Å²) in [4.78, 5) is 6.43. The lowest BCUT2D eigenvalue weighted by atomic mass is 10.2. The van der Waals surface area contributed by atoms with Gasteiger partial charge in [-0.15, -0.1) is 0 Å². The Hall–Kier alpha value is -2.09. The van der Waals surface area contributed by atoms with Gasteiger partial charge in [-0.05, 0) is 31.2 Å². The van der Waals surface area contributed by atoms with Crippen LogP contribution in [0.1, 0.15) is 17.9 Å². The Labute approximate surface area is 166 Å². The molecule has 2 aromatic carbocycles. The highest BCUT2D eigenvalue weighted by Crippen LogP contribution is 2.18. The fraction of sp³-hybridized carbons (Fsp3) is 0.300. The third-order valence-electron chi connectivity index (χ3n) is 4.18. The van der Waals surface area contributed by atoms with Crippen LogP contribution in [0, 0.1) is 5.82 Å². The van der Waals surface area contributed by atoms with Crippen molar-refractivity contribution in [2.24, 2.45) is 0 Å². The molecular weight excluding hydrogens is 413 g/mol. The maximum atomic E-state index is 14.0. The first-order valence-corrected chi connectivity index (χ1v) is 9.60. The van der Waals surface area contributed by atoms with E-state index in [1.165, 1.54) is 6.07 Å². The minimum absolute atomic E-state index is 0.0222. The molecule has 0 amide bonds. The van der Waals surface area contributed by atoms with Gasteiger partial charge < -0.3 is 9.63 Å². The fourth-order valence-corrected chi connectivity index (χ4v) is 3.24. The average Bonchev–Trinajstić information content (AvgIpc) is 3.14. The van der Waals surface area contributed by atoms with Crippen LogP contribution < -0.4 is 0 Å². The zero-order chi connectivity index (χ0) is 19.1. The highest BCUT2D eigenvalue weighted by Gasteiger charge is 2.12. The van der Waals surface area contributed by atoms with Gasteiger partial charge in [0.1, 0.15) is 5.82 Å². The topological polar surface area (TPSA) is 62.4 Å². The second-order valence-electron chi connectivity index (χ2n) is 6.22. The van der Waals surface area contributed by atoms with Gasteiger partial charge in [0.25, 0.3) is 0 Å². The Bertz CT molecular complexity index is 857. The van der Waals surface area contributed by atoms with E-state index in [2.05, 4.69) is 26.1 Å². The molecule has 0 aliphatic rings. The van der Waals surface area contributed by atoms with Gasteiger partial charge in [0.2, 0.25) is 11.7 Å². The van der Waals surface area contributed by atoms with Crippen molar-refractivity contribution in [1.82, 2.24) is 15.0 Å².